The predicted octanol–water partition coefficient (Wildman–Crippen LogP) is 6.19. The van der Waals surface area contributed by atoms with Crippen molar-refractivity contribution >= 4 is 5.69 Å². The molecule has 0 bridgehead atoms. The topological polar surface area (TPSA) is 12.0 Å². The zero-order valence-corrected chi connectivity index (χ0v) is 13.6. The van der Waals surface area contributed by atoms with Crippen LogP contribution in [-0.2, 0) is 6.42 Å². The first kappa shape index (κ1) is 17.1. The summed E-state index contributed by atoms with van der Waals surface area (Å²) in [5, 5.41) is 3.61. The lowest BCUT2D eigenvalue weighted by atomic mass is 10.1. The second kappa shape index (κ2) is 11.8. The third-order valence-electron chi connectivity index (χ3n) is 3.88. The van der Waals surface area contributed by atoms with Gasteiger partial charge in [-0.15, -0.1) is 0 Å². The Hall–Kier alpha value is -0.980. The summed E-state index contributed by atoms with van der Waals surface area (Å²) in [6.07, 6.45) is 13.5. The Balaban J connectivity index is 2.06. The maximum Gasteiger partial charge on any atom is 0.0372 e. The standard InChI is InChI=1S/C19H33N/c1-3-5-6-7-8-9-10-13-17-20-19-16-12-11-15-18(19)14-4-2/h11-12,15-16,20H,3-10,13-14,17H2,1-2H3. The molecule has 0 aliphatic heterocycles. The third kappa shape index (κ3) is 7.57. The van der Waals surface area contributed by atoms with Crippen molar-refractivity contribution in [3.8, 4) is 0 Å². The molecule has 0 aliphatic carbocycles. The highest BCUT2D eigenvalue weighted by Crippen LogP contribution is 2.17. The lowest BCUT2D eigenvalue weighted by molar-refractivity contribution is 0.581. The first-order chi connectivity index (χ1) is 9.88. The maximum atomic E-state index is 3.61. The van der Waals surface area contributed by atoms with Gasteiger partial charge >= 0.3 is 0 Å². The monoisotopic (exact) mass is 275 g/mol. The molecular weight excluding hydrogens is 242 g/mol. The van der Waals surface area contributed by atoms with Gasteiger partial charge in [0, 0.05) is 12.2 Å². The number of hydrogen-bond donors (Lipinski definition) is 1. The second-order valence-electron chi connectivity index (χ2n) is 5.81. The van der Waals surface area contributed by atoms with Crippen molar-refractivity contribution in [3.05, 3.63) is 29.8 Å². The van der Waals surface area contributed by atoms with Crippen LogP contribution in [0.4, 0.5) is 5.69 Å². The highest BCUT2D eigenvalue weighted by atomic mass is 14.9. The van der Waals surface area contributed by atoms with Crippen LogP contribution in [0, 0.1) is 0 Å². The summed E-state index contributed by atoms with van der Waals surface area (Å²) in [6, 6.07) is 8.75. The van der Waals surface area contributed by atoms with Gasteiger partial charge in [-0.25, -0.2) is 0 Å². The molecule has 0 fully saturated rings. The number of hydrogen-bond acceptors (Lipinski definition) is 1. The summed E-state index contributed by atoms with van der Waals surface area (Å²) in [5.41, 5.74) is 2.81. The van der Waals surface area contributed by atoms with Gasteiger partial charge in [-0.2, -0.15) is 0 Å². The number of unbranched alkanes of at least 4 members (excludes halogenated alkanes) is 7. The molecule has 1 N–H and O–H groups in total. The molecule has 0 aliphatic rings. The molecule has 1 heteroatoms. The largest absolute Gasteiger partial charge is 0.385 e. The van der Waals surface area contributed by atoms with E-state index in [1.54, 1.807) is 0 Å². The van der Waals surface area contributed by atoms with E-state index in [0.29, 0.717) is 0 Å². The number of aryl methyl sites for hydroxylation is 1. The van der Waals surface area contributed by atoms with Gasteiger partial charge in [-0.1, -0.05) is 83.4 Å². The minimum absolute atomic E-state index is 1.12. The van der Waals surface area contributed by atoms with E-state index in [4.69, 9.17) is 0 Å². The Kier molecular flexibility index (Phi) is 10.1. The van der Waals surface area contributed by atoms with E-state index >= 15 is 0 Å². The molecule has 0 spiro atoms. The van der Waals surface area contributed by atoms with Gasteiger partial charge in [-0.3, -0.25) is 0 Å². The molecule has 0 saturated carbocycles. The van der Waals surface area contributed by atoms with Crippen molar-refractivity contribution in [1.82, 2.24) is 0 Å². The zero-order valence-electron chi connectivity index (χ0n) is 13.6. The lowest BCUT2D eigenvalue weighted by Gasteiger charge is -2.11. The SMILES string of the molecule is CCCCCCCCCCNc1ccccc1CCC. The number of nitrogens with one attached hydrogen (secondary N) is 1. The fourth-order valence-corrected chi connectivity index (χ4v) is 2.66. The van der Waals surface area contributed by atoms with Crippen molar-refractivity contribution in [1.29, 1.82) is 0 Å². The third-order valence-corrected chi connectivity index (χ3v) is 3.88. The van der Waals surface area contributed by atoms with Gasteiger partial charge < -0.3 is 5.32 Å². The Morgan fingerprint density at radius 1 is 0.750 bits per heavy atom. The summed E-state index contributed by atoms with van der Waals surface area (Å²) in [4.78, 5) is 0. The van der Waals surface area contributed by atoms with Crippen LogP contribution in [0.25, 0.3) is 0 Å². The normalized spacial score (nSPS) is 10.7. The Morgan fingerprint density at radius 2 is 1.40 bits per heavy atom. The quantitative estimate of drug-likeness (QED) is 0.448. The van der Waals surface area contributed by atoms with Gasteiger partial charge in [-0.05, 0) is 24.5 Å². The first-order valence-electron chi connectivity index (χ1n) is 8.70. The van der Waals surface area contributed by atoms with E-state index in [1.165, 1.54) is 75.5 Å². The van der Waals surface area contributed by atoms with Crippen LogP contribution in [0.2, 0.25) is 0 Å². The number of anilines is 1. The number of para-hydroxylation sites is 1. The molecule has 0 amide bonds. The van der Waals surface area contributed by atoms with Crippen molar-refractivity contribution in [2.24, 2.45) is 0 Å². The van der Waals surface area contributed by atoms with Crippen LogP contribution in [0.3, 0.4) is 0 Å². The average Bonchev–Trinajstić information content (AvgIpc) is 2.47. The fourth-order valence-electron chi connectivity index (χ4n) is 2.66. The summed E-state index contributed by atoms with van der Waals surface area (Å²) in [5.74, 6) is 0. The van der Waals surface area contributed by atoms with Crippen molar-refractivity contribution in [2.45, 2.75) is 78.1 Å². The molecule has 0 heterocycles. The summed E-state index contributed by atoms with van der Waals surface area (Å²) in [7, 11) is 0. The first-order valence-corrected chi connectivity index (χ1v) is 8.70. The molecule has 1 aromatic carbocycles. The van der Waals surface area contributed by atoms with Gasteiger partial charge in [0.1, 0.15) is 0 Å². The molecule has 114 valence electrons. The van der Waals surface area contributed by atoms with E-state index in [0.717, 1.165) is 6.54 Å². The van der Waals surface area contributed by atoms with Crippen LogP contribution in [0.5, 0.6) is 0 Å². The molecule has 20 heavy (non-hydrogen) atoms. The fraction of sp³-hybridized carbons (Fsp3) is 0.684. The molecule has 0 saturated heterocycles. The van der Waals surface area contributed by atoms with E-state index in [9.17, 15) is 0 Å². The molecule has 0 aromatic heterocycles. The zero-order chi connectivity index (χ0) is 14.5. The highest BCUT2D eigenvalue weighted by molar-refractivity contribution is 5.51. The van der Waals surface area contributed by atoms with Gasteiger partial charge in [0.25, 0.3) is 0 Å². The van der Waals surface area contributed by atoms with Gasteiger partial charge in [0.15, 0.2) is 0 Å². The lowest BCUT2D eigenvalue weighted by Crippen LogP contribution is -2.04. The minimum atomic E-state index is 1.12. The second-order valence-corrected chi connectivity index (χ2v) is 5.81. The molecule has 0 unspecified atom stereocenters. The highest BCUT2D eigenvalue weighted by Gasteiger charge is 1.99. The Morgan fingerprint density at radius 3 is 2.10 bits per heavy atom. The number of benzene rings is 1. The van der Waals surface area contributed by atoms with Crippen LogP contribution < -0.4 is 5.32 Å². The summed E-state index contributed by atoms with van der Waals surface area (Å²) in [6.45, 7) is 5.65. The van der Waals surface area contributed by atoms with Gasteiger partial charge in [0.2, 0.25) is 0 Å². The molecule has 0 atom stereocenters. The molecular formula is C19H33N. The van der Waals surface area contributed by atoms with E-state index in [1.807, 2.05) is 0 Å². The van der Waals surface area contributed by atoms with Crippen molar-refractivity contribution in [2.75, 3.05) is 11.9 Å². The van der Waals surface area contributed by atoms with Crippen molar-refractivity contribution in [3.63, 3.8) is 0 Å². The summed E-state index contributed by atoms with van der Waals surface area (Å²) >= 11 is 0. The average molecular weight is 275 g/mol. The Labute approximate surface area is 126 Å². The van der Waals surface area contributed by atoms with Crippen LogP contribution in [0.1, 0.15) is 77.2 Å². The smallest absolute Gasteiger partial charge is 0.0372 e. The van der Waals surface area contributed by atoms with Crippen molar-refractivity contribution < 1.29 is 0 Å². The van der Waals surface area contributed by atoms with E-state index in [-0.39, 0.29) is 0 Å². The minimum Gasteiger partial charge on any atom is -0.385 e. The predicted molar refractivity (Wildman–Crippen MR) is 91.5 cm³/mol. The van der Waals surface area contributed by atoms with Gasteiger partial charge in [0.05, 0.1) is 0 Å². The van der Waals surface area contributed by atoms with Crippen LogP contribution in [-0.4, -0.2) is 6.54 Å². The molecule has 1 aromatic rings. The molecule has 0 radical (unpaired) electrons. The van der Waals surface area contributed by atoms with E-state index in [2.05, 4.69) is 43.4 Å². The van der Waals surface area contributed by atoms with E-state index < -0.39 is 0 Å². The molecule has 1 rings (SSSR count). The Bertz CT molecular complexity index is 332. The number of rotatable bonds is 12. The van der Waals surface area contributed by atoms with Crippen LogP contribution >= 0.6 is 0 Å². The maximum absolute atomic E-state index is 3.61. The molecule has 1 nitrogen and oxygen atoms in total. The summed E-state index contributed by atoms with van der Waals surface area (Å²) < 4.78 is 0. The van der Waals surface area contributed by atoms with Crippen LogP contribution in [0.15, 0.2) is 24.3 Å².